The summed E-state index contributed by atoms with van der Waals surface area (Å²) in [7, 11) is 1.60. The zero-order valence-corrected chi connectivity index (χ0v) is 9.71. The highest BCUT2D eigenvalue weighted by Gasteiger charge is 2.09. The monoisotopic (exact) mass is 248 g/mol. The molecule has 0 bridgehead atoms. The van der Waals surface area contributed by atoms with E-state index in [1.54, 1.807) is 7.11 Å². The third-order valence-electron chi connectivity index (χ3n) is 2.30. The number of ether oxygens (including phenoxy) is 1. The average molecular weight is 248 g/mol. The Labute approximate surface area is 103 Å². The first kappa shape index (κ1) is 12.0. The molecule has 0 fully saturated rings. The minimum Gasteiger partial charge on any atom is -0.497 e. The van der Waals surface area contributed by atoms with Gasteiger partial charge in [-0.15, -0.1) is 0 Å². The van der Waals surface area contributed by atoms with Crippen LogP contribution in [0.25, 0.3) is 0 Å². The summed E-state index contributed by atoms with van der Waals surface area (Å²) in [5.41, 5.74) is 0.771. The third-order valence-corrected chi connectivity index (χ3v) is 2.30. The van der Waals surface area contributed by atoms with Gasteiger partial charge in [-0.2, -0.15) is 0 Å². The smallest absolute Gasteiger partial charge is 0.357 e. The van der Waals surface area contributed by atoms with E-state index in [-0.39, 0.29) is 5.69 Å². The van der Waals surface area contributed by atoms with Gasteiger partial charge in [-0.3, -0.25) is 0 Å². The lowest BCUT2D eigenvalue weighted by atomic mass is 10.3. The van der Waals surface area contributed by atoms with Crippen molar-refractivity contribution in [3.63, 3.8) is 0 Å². The molecule has 6 nitrogen and oxygen atoms in total. The topological polar surface area (TPSA) is 84.6 Å². The van der Waals surface area contributed by atoms with Crippen molar-refractivity contribution in [2.45, 2.75) is 6.54 Å². The highest BCUT2D eigenvalue weighted by Crippen LogP contribution is 2.15. The lowest BCUT2D eigenvalue weighted by molar-refractivity contribution is 0.0690. The van der Waals surface area contributed by atoms with Crippen LogP contribution in [0.5, 0.6) is 5.75 Å². The number of methoxy groups -OCH3 is 1. The molecule has 1 aromatic heterocycles. The van der Waals surface area contributed by atoms with Gasteiger partial charge in [0, 0.05) is 5.69 Å². The summed E-state index contributed by atoms with van der Waals surface area (Å²) >= 11 is 0. The summed E-state index contributed by atoms with van der Waals surface area (Å²) in [4.78, 5) is 14.4. The molecule has 0 aliphatic heterocycles. The predicted octanol–water partition coefficient (Wildman–Crippen LogP) is 1.99. The lowest BCUT2D eigenvalue weighted by Crippen LogP contribution is -2.01. The van der Waals surface area contributed by atoms with Crippen LogP contribution in [0.15, 0.2) is 34.9 Å². The van der Waals surface area contributed by atoms with E-state index in [9.17, 15) is 4.79 Å². The maximum absolute atomic E-state index is 10.6. The van der Waals surface area contributed by atoms with Gasteiger partial charge in [-0.1, -0.05) is 0 Å². The Balaban J connectivity index is 1.95. The van der Waals surface area contributed by atoms with E-state index < -0.39 is 5.97 Å². The number of nitrogens with zero attached hydrogens (tertiary/aromatic N) is 1. The summed E-state index contributed by atoms with van der Waals surface area (Å²) in [6.45, 7) is 0.319. The van der Waals surface area contributed by atoms with E-state index in [1.165, 1.54) is 0 Å². The van der Waals surface area contributed by atoms with Crippen molar-refractivity contribution >= 4 is 11.7 Å². The van der Waals surface area contributed by atoms with Crippen LogP contribution in [0.2, 0.25) is 0 Å². The molecule has 0 unspecified atom stereocenters. The van der Waals surface area contributed by atoms with Crippen molar-refractivity contribution in [2.75, 3.05) is 12.4 Å². The molecule has 0 amide bonds. The second kappa shape index (κ2) is 5.22. The van der Waals surface area contributed by atoms with Crippen molar-refractivity contribution in [1.29, 1.82) is 0 Å². The largest absolute Gasteiger partial charge is 0.497 e. The van der Waals surface area contributed by atoms with E-state index in [1.807, 2.05) is 24.3 Å². The molecular formula is C12H12N2O4. The SMILES string of the molecule is COc1ccc(NCc2nc(C(=O)O)co2)cc1. The summed E-state index contributed by atoms with van der Waals surface area (Å²) < 4.78 is 10.1. The lowest BCUT2D eigenvalue weighted by Gasteiger charge is -2.04. The van der Waals surface area contributed by atoms with Crippen LogP contribution in [0.4, 0.5) is 5.69 Å². The zero-order valence-electron chi connectivity index (χ0n) is 9.71. The van der Waals surface area contributed by atoms with Gasteiger partial charge in [0.2, 0.25) is 5.89 Å². The van der Waals surface area contributed by atoms with E-state index in [4.69, 9.17) is 14.3 Å². The van der Waals surface area contributed by atoms with Crippen LogP contribution < -0.4 is 10.1 Å². The molecule has 1 aromatic carbocycles. The number of carbonyl (C=O) groups is 1. The first-order valence-electron chi connectivity index (χ1n) is 5.24. The fraction of sp³-hybridized carbons (Fsp3) is 0.167. The molecule has 2 rings (SSSR count). The van der Waals surface area contributed by atoms with E-state index >= 15 is 0 Å². The van der Waals surface area contributed by atoms with E-state index in [0.29, 0.717) is 12.4 Å². The van der Waals surface area contributed by atoms with E-state index in [0.717, 1.165) is 17.7 Å². The number of carboxylic acid groups (broad SMARTS) is 1. The van der Waals surface area contributed by atoms with Gasteiger partial charge < -0.3 is 19.6 Å². The first-order valence-corrected chi connectivity index (χ1v) is 5.24. The maximum atomic E-state index is 10.6. The number of hydrogen-bond acceptors (Lipinski definition) is 5. The fourth-order valence-corrected chi connectivity index (χ4v) is 1.38. The number of hydrogen-bond donors (Lipinski definition) is 2. The second-order valence-electron chi connectivity index (χ2n) is 3.51. The van der Waals surface area contributed by atoms with Gasteiger partial charge in [0.05, 0.1) is 13.7 Å². The summed E-state index contributed by atoms with van der Waals surface area (Å²) in [5, 5.41) is 11.7. The quantitative estimate of drug-likeness (QED) is 0.841. The second-order valence-corrected chi connectivity index (χ2v) is 3.51. The molecule has 0 saturated heterocycles. The number of rotatable bonds is 5. The number of anilines is 1. The number of oxazole rings is 1. The molecule has 0 aliphatic carbocycles. The molecule has 0 spiro atoms. The van der Waals surface area contributed by atoms with Gasteiger partial charge >= 0.3 is 5.97 Å². The van der Waals surface area contributed by atoms with Crippen molar-refractivity contribution in [2.24, 2.45) is 0 Å². The number of carboxylic acids is 1. The number of aromatic carboxylic acids is 1. The van der Waals surface area contributed by atoms with Gasteiger partial charge in [-0.25, -0.2) is 9.78 Å². The number of benzene rings is 1. The summed E-state index contributed by atoms with van der Waals surface area (Å²) in [6.07, 6.45) is 1.12. The van der Waals surface area contributed by atoms with Crippen molar-refractivity contribution in [3.05, 3.63) is 42.1 Å². The molecule has 2 N–H and O–H groups in total. The third kappa shape index (κ3) is 2.79. The molecule has 1 heterocycles. The average Bonchev–Trinajstić information content (AvgIpc) is 2.86. The molecule has 6 heteroatoms. The minimum absolute atomic E-state index is 0.0958. The molecule has 0 saturated carbocycles. The predicted molar refractivity (Wildman–Crippen MR) is 63.8 cm³/mol. The van der Waals surface area contributed by atoms with Crippen LogP contribution in [0, 0.1) is 0 Å². The number of nitrogens with one attached hydrogen (secondary N) is 1. The normalized spacial score (nSPS) is 10.1. The van der Waals surface area contributed by atoms with Crippen molar-refractivity contribution in [1.82, 2.24) is 4.98 Å². The fourth-order valence-electron chi connectivity index (χ4n) is 1.38. The van der Waals surface area contributed by atoms with Gasteiger partial charge in [0.1, 0.15) is 12.0 Å². The Morgan fingerprint density at radius 3 is 2.72 bits per heavy atom. The Morgan fingerprint density at radius 2 is 2.17 bits per heavy atom. The highest BCUT2D eigenvalue weighted by atomic mass is 16.5. The Morgan fingerprint density at radius 1 is 1.44 bits per heavy atom. The Bertz CT molecular complexity index is 533. The standard InChI is InChI=1S/C12H12N2O4/c1-17-9-4-2-8(3-5-9)13-6-11-14-10(7-18-11)12(15)16/h2-5,7,13H,6H2,1H3,(H,15,16). The number of aromatic nitrogens is 1. The van der Waals surface area contributed by atoms with Crippen molar-refractivity contribution < 1.29 is 19.1 Å². The Hall–Kier alpha value is -2.50. The highest BCUT2D eigenvalue weighted by molar-refractivity contribution is 5.84. The first-order chi connectivity index (χ1) is 8.69. The molecule has 18 heavy (non-hydrogen) atoms. The van der Waals surface area contributed by atoms with Crippen LogP contribution in [-0.4, -0.2) is 23.2 Å². The molecule has 0 radical (unpaired) electrons. The summed E-state index contributed by atoms with van der Waals surface area (Å²) in [5.74, 6) is -0.0116. The van der Waals surface area contributed by atoms with Crippen molar-refractivity contribution in [3.8, 4) is 5.75 Å². The maximum Gasteiger partial charge on any atom is 0.357 e. The minimum atomic E-state index is -1.10. The van der Waals surface area contributed by atoms with E-state index in [2.05, 4.69) is 10.3 Å². The molecule has 0 atom stereocenters. The Kier molecular flexibility index (Phi) is 3.47. The molecular weight excluding hydrogens is 236 g/mol. The molecule has 2 aromatic rings. The molecule has 94 valence electrons. The van der Waals surface area contributed by atoms with Gasteiger partial charge in [-0.05, 0) is 24.3 Å². The molecule has 0 aliphatic rings. The van der Waals surface area contributed by atoms with Gasteiger partial charge in [0.15, 0.2) is 5.69 Å². The summed E-state index contributed by atoms with van der Waals surface area (Å²) in [6, 6.07) is 7.33. The van der Waals surface area contributed by atoms with Crippen LogP contribution in [-0.2, 0) is 6.54 Å². The zero-order chi connectivity index (χ0) is 13.0. The van der Waals surface area contributed by atoms with Gasteiger partial charge in [0.25, 0.3) is 0 Å². The van der Waals surface area contributed by atoms with Crippen LogP contribution in [0.3, 0.4) is 0 Å². The van der Waals surface area contributed by atoms with Crippen LogP contribution in [0.1, 0.15) is 16.4 Å². The van der Waals surface area contributed by atoms with Crippen LogP contribution >= 0.6 is 0 Å².